The van der Waals surface area contributed by atoms with Crippen LogP contribution in [0.25, 0.3) is 0 Å². The summed E-state index contributed by atoms with van der Waals surface area (Å²) in [6.07, 6.45) is 1.87. The topological polar surface area (TPSA) is 72.5 Å². The molecular weight excluding hydrogens is 218 g/mol. The number of anilines is 1. The summed E-state index contributed by atoms with van der Waals surface area (Å²) < 4.78 is 5.77. The molecule has 0 radical (unpaired) electrons. The van der Waals surface area contributed by atoms with Gasteiger partial charge in [-0.05, 0) is 24.5 Å². The molecule has 0 aromatic heterocycles. The van der Waals surface area contributed by atoms with Crippen LogP contribution in [0.1, 0.15) is 25.3 Å². The Morgan fingerprint density at radius 1 is 1.59 bits per heavy atom. The zero-order valence-electron chi connectivity index (χ0n) is 9.85. The van der Waals surface area contributed by atoms with Crippen LogP contribution >= 0.6 is 0 Å². The largest absolute Gasteiger partial charge is 0.487 e. The standard InChI is InChI=1S/C13H17NO3/c1-2-4-11-9(13(15)16)7-8-5-3-6-10(14)12(8)17-11/h3,5-6,9,11H,2,4,7,14H2,1H3,(H,15,16). The van der Waals surface area contributed by atoms with Crippen molar-refractivity contribution in [2.75, 3.05) is 5.73 Å². The van der Waals surface area contributed by atoms with E-state index in [0.29, 0.717) is 17.9 Å². The molecule has 4 heteroatoms. The fourth-order valence-corrected chi connectivity index (χ4v) is 2.30. The minimum Gasteiger partial charge on any atom is -0.487 e. The number of fused-ring (bicyclic) bond motifs is 1. The summed E-state index contributed by atoms with van der Waals surface area (Å²) in [4.78, 5) is 11.2. The maximum atomic E-state index is 11.2. The molecule has 0 fully saturated rings. The average Bonchev–Trinajstić information content (AvgIpc) is 2.29. The van der Waals surface area contributed by atoms with Crippen LogP contribution in [-0.4, -0.2) is 17.2 Å². The fraction of sp³-hybridized carbons (Fsp3) is 0.462. The van der Waals surface area contributed by atoms with Crippen LogP contribution in [0.2, 0.25) is 0 Å². The van der Waals surface area contributed by atoms with Crippen molar-refractivity contribution in [2.45, 2.75) is 32.3 Å². The Kier molecular flexibility index (Phi) is 3.22. The predicted octanol–water partition coefficient (Wildman–Crippen LogP) is 2.07. The van der Waals surface area contributed by atoms with Crippen molar-refractivity contribution in [3.05, 3.63) is 23.8 Å². The Labute approximate surface area is 100 Å². The van der Waals surface area contributed by atoms with Crippen molar-refractivity contribution in [3.63, 3.8) is 0 Å². The molecule has 0 saturated carbocycles. The highest BCUT2D eigenvalue weighted by Gasteiger charge is 2.35. The van der Waals surface area contributed by atoms with Crippen molar-refractivity contribution in [3.8, 4) is 5.75 Å². The van der Waals surface area contributed by atoms with Gasteiger partial charge in [0.05, 0.1) is 11.6 Å². The van der Waals surface area contributed by atoms with E-state index in [2.05, 4.69) is 0 Å². The Balaban J connectivity index is 2.33. The molecule has 4 nitrogen and oxygen atoms in total. The smallest absolute Gasteiger partial charge is 0.310 e. The summed E-state index contributed by atoms with van der Waals surface area (Å²) in [6, 6.07) is 5.49. The third kappa shape index (κ3) is 2.20. The van der Waals surface area contributed by atoms with Crippen molar-refractivity contribution in [2.24, 2.45) is 5.92 Å². The van der Waals surface area contributed by atoms with E-state index >= 15 is 0 Å². The van der Waals surface area contributed by atoms with E-state index in [4.69, 9.17) is 10.5 Å². The summed E-state index contributed by atoms with van der Waals surface area (Å²) in [6.45, 7) is 2.02. The van der Waals surface area contributed by atoms with Crippen molar-refractivity contribution >= 4 is 11.7 Å². The van der Waals surface area contributed by atoms with Gasteiger partial charge < -0.3 is 15.6 Å². The number of para-hydroxylation sites is 1. The number of hydrogen-bond acceptors (Lipinski definition) is 3. The number of carboxylic acids is 1. The molecule has 1 aromatic rings. The van der Waals surface area contributed by atoms with E-state index < -0.39 is 11.9 Å². The number of carbonyl (C=O) groups is 1. The second kappa shape index (κ2) is 4.65. The molecule has 92 valence electrons. The Hall–Kier alpha value is -1.71. The molecule has 17 heavy (non-hydrogen) atoms. The lowest BCUT2D eigenvalue weighted by molar-refractivity contribution is -0.145. The number of benzene rings is 1. The number of rotatable bonds is 3. The lowest BCUT2D eigenvalue weighted by atomic mass is 9.88. The van der Waals surface area contributed by atoms with Crippen LogP contribution in [0.3, 0.4) is 0 Å². The van der Waals surface area contributed by atoms with Crippen LogP contribution in [0.5, 0.6) is 5.75 Å². The molecule has 2 atom stereocenters. The van der Waals surface area contributed by atoms with Crippen LogP contribution in [-0.2, 0) is 11.2 Å². The third-order valence-corrected chi connectivity index (χ3v) is 3.18. The summed E-state index contributed by atoms with van der Waals surface area (Å²) in [5, 5.41) is 9.22. The van der Waals surface area contributed by atoms with Crippen LogP contribution in [0, 0.1) is 5.92 Å². The molecular formula is C13H17NO3. The number of nitrogen functional groups attached to an aromatic ring is 1. The van der Waals surface area contributed by atoms with E-state index in [-0.39, 0.29) is 6.10 Å². The van der Waals surface area contributed by atoms with E-state index in [0.717, 1.165) is 18.4 Å². The third-order valence-electron chi connectivity index (χ3n) is 3.18. The lowest BCUT2D eigenvalue weighted by Gasteiger charge is -2.31. The van der Waals surface area contributed by atoms with Gasteiger partial charge in [-0.3, -0.25) is 4.79 Å². The van der Waals surface area contributed by atoms with Crippen molar-refractivity contribution in [1.82, 2.24) is 0 Å². The highest BCUT2D eigenvalue weighted by Crippen LogP contribution is 2.36. The predicted molar refractivity (Wildman–Crippen MR) is 65.0 cm³/mol. The van der Waals surface area contributed by atoms with Gasteiger partial charge in [-0.25, -0.2) is 0 Å². The van der Waals surface area contributed by atoms with Gasteiger partial charge in [-0.2, -0.15) is 0 Å². The van der Waals surface area contributed by atoms with E-state index in [1.54, 1.807) is 6.07 Å². The highest BCUT2D eigenvalue weighted by atomic mass is 16.5. The normalized spacial score (nSPS) is 22.6. The minimum absolute atomic E-state index is 0.269. The van der Waals surface area contributed by atoms with E-state index in [1.165, 1.54) is 0 Å². The molecule has 0 amide bonds. The second-order valence-electron chi connectivity index (χ2n) is 4.43. The van der Waals surface area contributed by atoms with Gasteiger partial charge in [0, 0.05) is 0 Å². The first kappa shape index (κ1) is 11.8. The first-order chi connectivity index (χ1) is 8.13. The first-order valence-electron chi connectivity index (χ1n) is 5.90. The SMILES string of the molecule is CCCC1Oc2c(N)cccc2CC1C(=O)O. The van der Waals surface area contributed by atoms with Gasteiger partial charge in [0.15, 0.2) is 0 Å². The number of aliphatic carboxylic acids is 1. The fourth-order valence-electron chi connectivity index (χ4n) is 2.30. The molecule has 1 aliphatic rings. The van der Waals surface area contributed by atoms with Gasteiger partial charge >= 0.3 is 5.97 Å². The number of carboxylic acid groups (broad SMARTS) is 1. The Morgan fingerprint density at radius 3 is 3.00 bits per heavy atom. The van der Waals surface area contributed by atoms with E-state index in [1.807, 2.05) is 19.1 Å². The zero-order chi connectivity index (χ0) is 12.4. The molecule has 0 bridgehead atoms. The molecule has 2 rings (SSSR count). The van der Waals surface area contributed by atoms with Crippen LogP contribution in [0.4, 0.5) is 5.69 Å². The van der Waals surface area contributed by atoms with Gasteiger partial charge in [0.1, 0.15) is 11.9 Å². The highest BCUT2D eigenvalue weighted by molar-refractivity contribution is 5.73. The molecule has 2 unspecified atom stereocenters. The maximum Gasteiger partial charge on any atom is 0.310 e. The molecule has 0 saturated heterocycles. The summed E-state index contributed by atoms with van der Waals surface area (Å²) in [5.41, 5.74) is 7.33. The second-order valence-corrected chi connectivity index (χ2v) is 4.43. The summed E-state index contributed by atoms with van der Waals surface area (Å²) >= 11 is 0. The van der Waals surface area contributed by atoms with Gasteiger partial charge in [0.25, 0.3) is 0 Å². The van der Waals surface area contributed by atoms with Crippen molar-refractivity contribution in [1.29, 1.82) is 0 Å². The Bertz CT molecular complexity index is 431. The molecule has 1 aliphatic heterocycles. The Morgan fingerprint density at radius 2 is 2.35 bits per heavy atom. The average molecular weight is 235 g/mol. The van der Waals surface area contributed by atoms with Crippen molar-refractivity contribution < 1.29 is 14.6 Å². The van der Waals surface area contributed by atoms with Gasteiger partial charge in [-0.1, -0.05) is 25.5 Å². The molecule has 0 spiro atoms. The first-order valence-corrected chi connectivity index (χ1v) is 5.90. The summed E-state index contributed by atoms with van der Waals surface area (Å²) in [7, 11) is 0. The molecule has 1 heterocycles. The number of hydrogen-bond donors (Lipinski definition) is 2. The number of nitrogens with two attached hydrogens (primary N) is 1. The van der Waals surface area contributed by atoms with Crippen LogP contribution < -0.4 is 10.5 Å². The summed E-state index contributed by atoms with van der Waals surface area (Å²) in [5.74, 6) is -0.593. The number of ether oxygens (including phenoxy) is 1. The zero-order valence-corrected chi connectivity index (χ0v) is 9.85. The molecule has 0 aliphatic carbocycles. The van der Waals surface area contributed by atoms with E-state index in [9.17, 15) is 9.90 Å². The molecule has 3 N–H and O–H groups in total. The van der Waals surface area contributed by atoms with Gasteiger partial charge in [0.2, 0.25) is 0 Å². The quantitative estimate of drug-likeness (QED) is 0.787. The molecule has 1 aromatic carbocycles. The monoisotopic (exact) mass is 235 g/mol. The maximum absolute atomic E-state index is 11.2. The van der Waals surface area contributed by atoms with Crippen LogP contribution in [0.15, 0.2) is 18.2 Å². The minimum atomic E-state index is -0.795. The van der Waals surface area contributed by atoms with Gasteiger partial charge in [-0.15, -0.1) is 0 Å². The lowest BCUT2D eigenvalue weighted by Crippen LogP contribution is -2.38.